The van der Waals surface area contributed by atoms with Crippen molar-refractivity contribution in [3.05, 3.63) is 36.3 Å². The van der Waals surface area contributed by atoms with Gasteiger partial charge in [0, 0.05) is 5.92 Å². The van der Waals surface area contributed by atoms with Crippen molar-refractivity contribution in [1.29, 1.82) is 0 Å². The van der Waals surface area contributed by atoms with Gasteiger partial charge in [-0.1, -0.05) is 12.8 Å². The fourth-order valence-corrected chi connectivity index (χ4v) is 2.53. The number of rotatable bonds is 2. The van der Waals surface area contributed by atoms with E-state index in [1.807, 2.05) is 18.3 Å². The highest BCUT2D eigenvalue weighted by Crippen LogP contribution is 2.33. The van der Waals surface area contributed by atoms with Crippen molar-refractivity contribution in [3.8, 4) is 17.0 Å². The van der Waals surface area contributed by atoms with Crippen molar-refractivity contribution < 1.29 is 5.11 Å². The molecule has 88 valence electrons. The van der Waals surface area contributed by atoms with Gasteiger partial charge in [-0.25, -0.2) is 4.98 Å². The lowest BCUT2D eigenvalue weighted by Crippen LogP contribution is -1.94. The SMILES string of the molecule is Oc1ccc(-c2cnc(C3CCCC3)[nH]2)cc1. The van der Waals surface area contributed by atoms with Crippen LogP contribution in [0.4, 0.5) is 0 Å². The third-order valence-corrected chi connectivity index (χ3v) is 3.52. The molecular formula is C14H16N2O. The van der Waals surface area contributed by atoms with Crippen LogP contribution in [0.15, 0.2) is 30.5 Å². The van der Waals surface area contributed by atoms with Crippen molar-refractivity contribution in [2.24, 2.45) is 0 Å². The second kappa shape index (κ2) is 4.24. The van der Waals surface area contributed by atoms with Crippen LogP contribution in [0.25, 0.3) is 11.3 Å². The van der Waals surface area contributed by atoms with Crippen LogP contribution in [-0.2, 0) is 0 Å². The third kappa shape index (κ3) is 2.05. The standard InChI is InChI=1S/C14H16N2O/c17-12-7-5-10(6-8-12)13-9-15-14(16-13)11-3-1-2-4-11/h5-9,11,17H,1-4H2,(H,15,16). The number of hydrogen-bond acceptors (Lipinski definition) is 2. The molecule has 3 rings (SSSR count). The molecule has 1 aliphatic rings. The van der Waals surface area contributed by atoms with Crippen LogP contribution in [0.5, 0.6) is 5.75 Å². The summed E-state index contributed by atoms with van der Waals surface area (Å²) in [5, 5.41) is 9.26. The lowest BCUT2D eigenvalue weighted by molar-refractivity contribution is 0.475. The van der Waals surface area contributed by atoms with Crippen LogP contribution in [0.2, 0.25) is 0 Å². The maximum atomic E-state index is 9.26. The van der Waals surface area contributed by atoms with Gasteiger partial charge in [-0.05, 0) is 42.7 Å². The summed E-state index contributed by atoms with van der Waals surface area (Å²) >= 11 is 0. The second-order valence-corrected chi connectivity index (χ2v) is 4.71. The van der Waals surface area contributed by atoms with Gasteiger partial charge in [0.25, 0.3) is 0 Å². The molecule has 1 aromatic carbocycles. The molecule has 1 aliphatic carbocycles. The number of nitrogens with one attached hydrogen (secondary N) is 1. The Hall–Kier alpha value is -1.77. The highest BCUT2D eigenvalue weighted by atomic mass is 16.3. The van der Waals surface area contributed by atoms with Crippen LogP contribution in [0, 0.1) is 0 Å². The maximum absolute atomic E-state index is 9.26. The first-order chi connectivity index (χ1) is 8.33. The number of benzene rings is 1. The molecule has 0 spiro atoms. The van der Waals surface area contributed by atoms with Gasteiger partial charge in [-0.2, -0.15) is 0 Å². The predicted molar refractivity (Wildman–Crippen MR) is 66.9 cm³/mol. The van der Waals surface area contributed by atoms with Crippen LogP contribution in [0.3, 0.4) is 0 Å². The normalized spacial score (nSPS) is 16.5. The average molecular weight is 228 g/mol. The molecule has 1 fully saturated rings. The zero-order valence-corrected chi connectivity index (χ0v) is 9.69. The summed E-state index contributed by atoms with van der Waals surface area (Å²) in [7, 11) is 0. The van der Waals surface area contributed by atoms with Crippen molar-refractivity contribution in [1.82, 2.24) is 9.97 Å². The van der Waals surface area contributed by atoms with E-state index in [2.05, 4.69) is 9.97 Å². The number of hydrogen-bond donors (Lipinski definition) is 2. The van der Waals surface area contributed by atoms with Gasteiger partial charge in [-0.15, -0.1) is 0 Å². The molecule has 3 heteroatoms. The molecule has 17 heavy (non-hydrogen) atoms. The summed E-state index contributed by atoms with van der Waals surface area (Å²) in [5.41, 5.74) is 2.10. The van der Waals surface area contributed by atoms with E-state index in [4.69, 9.17) is 0 Å². The molecule has 0 aliphatic heterocycles. The quantitative estimate of drug-likeness (QED) is 0.827. The Kier molecular flexibility index (Phi) is 2.59. The predicted octanol–water partition coefficient (Wildman–Crippen LogP) is 3.44. The molecule has 1 aromatic heterocycles. The van der Waals surface area contributed by atoms with Gasteiger partial charge in [0.2, 0.25) is 0 Å². The van der Waals surface area contributed by atoms with E-state index in [0.717, 1.165) is 17.1 Å². The number of nitrogens with zero attached hydrogens (tertiary/aromatic N) is 1. The summed E-state index contributed by atoms with van der Waals surface area (Å²) in [5.74, 6) is 2.02. The second-order valence-electron chi connectivity index (χ2n) is 4.71. The van der Waals surface area contributed by atoms with E-state index in [0.29, 0.717) is 11.7 Å². The van der Waals surface area contributed by atoms with E-state index in [9.17, 15) is 5.11 Å². The molecular weight excluding hydrogens is 212 g/mol. The number of imidazole rings is 1. The number of aromatic hydroxyl groups is 1. The van der Waals surface area contributed by atoms with Crippen molar-refractivity contribution in [2.45, 2.75) is 31.6 Å². The fourth-order valence-electron chi connectivity index (χ4n) is 2.53. The Balaban J connectivity index is 1.86. The Labute approximate surface area is 101 Å². The first kappa shape index (κ1) is 10.4. The molecule has 0 amide bonds. The van der Waals surface area contributed by atoms with Crippen LogP contribution in [0.1, 0.15) is 37.4 Å². The largest absolute Gasteiger partial charge is 0.508 e. The molecule has 0 radical (unpaired) electrons. The molecule has 0 unspecified atom stereocenters. The zero-order valence-electron chi connectivity index (χ0n) is 9.69. The number of aromatic nitrogens is 2. The van der Waals surface area contributed by atoms with Gasteiger partial charge >= 0.3 is 0 Å². The van der Waals surface area contributed by atoms with Gasteiger partial charge in [0.15, 0.2) is 0 Å². The Morgan fingerprint density at radius 2 is 1.82 bits per heavy atom. The van der Waals surface area contributed by atoms with E-state index in [-0.39, 0.29) is 0 Å². The van der Waals surface area contributed by atoms with Crippen molar-refractivity contribution in [3.63, 3.8) is 0 Å². The van der Waals surface area contributed by atoms with E-state index < -0.39 is 0 Å². The molecule has 2 aromatic rings. The van der Waals surface area contributed by atoms with E-state index in [1.165, 1.54) is 25.7 Å². The van der Waals surface area contributed by atoms with Crippen LogP contribution >= 0.6 is 0 Å². The summed E-state index contributed by atoms with van der Waals surface area (Å²) in [6.07, 6.45) is 7.03. The Morgan fingerprint density at radius 1 is 1.12 bits per heavy atom. The Morgan fingerprint density at radius 3 is 2.53 bits per heavy atom. The highest BCUT2D eigenvalue weighted by Gasteiger charge is 2.19. The molecule has 3 nitrogen and oxygen atoms in total. The van der Waals surface area contributed by atoms with Gasteiger partial charge < -0.3 is 10.1 Å². The van der Waals surface area contributed by atoms with Gasteiger partial charge in [-0.3, -0.25) is 0 Å². The fraction of sp³-hybridized carbons (Fsp3) is 0.357. The van der Waals surface area contributed by atoms with E-state index >= 15 is 0 Å². The lowest BCUT2D eigenvalue weighted by atomic mass is 10.1. The molecule has 2 N–H and O–H groups in total. The van der Waals surface area contributed by atoms with Crippen molar-refractivity contribution >= 4 is 0 Å². The van der Waals surface area contributed by atoms with Gasteiger partial charge in [0.1, 0.15) is 11.6 Å². The molecule has 1 saturated carbocycles. The number of aromatic amines is 1. The van der Waals surface area contributed by atoms with E-state index in [1.54, 1.807) is 12.1 Å². The van der Waals surface area contributed by atoms with Crippen LogP contribution < -0.4 is 0 Å². The summed E-state index contributed by atoms with van der Waals surface area (Å²) in [6.45, 7) is 0. The lowest BCUT2D eigenvalue weighted by Gasteiger charge is -2.04. The summed E-state index contributed by atoms with van der Waals surface area (Å²) in [4.78, 5) is 7.88. The Bertz CT molecular complexity index is 495. The summed E-state index contributed by atoms with van der Waals surface area (Å²) in [6, 6.07) is 7.21. The topological polar surface area (TPSA) is 48.9 Å². The molecule has 1 heterocycles. The third-order valence-electron chi connectivity index (χ3n) is 3.52. The minimum Gasteiger partial charge on any atom is -0.508 e. The molecule has 0 atom stereocenters. The van der Waals surface area contributed by atoms with Crippen LogP contribution in [-0.4, -0.2) is 15.1 Å². The number of phenols is 1. The zero-order chi connectivity index (χ0) is 11.7. The molecule has 0 saturated heterocycles. The number of H-pyrrole nitrogens is 1. The minimum atomic E-state index is 0.296. The summed E-state index contributed by atoms with van der Waals surface area (Å²) < 4.78 is 0. The first-order valence-corrected chi connectivity index (χ1v) is 6.17. The highest BCUT2D eigenvalue weighted by molar-refractivity contribution is 5.59. The van der Waals surface area contributed by atoms with Gasteiger partial charge in [0.05, 0.1) is 11.9 Å². The first-order valence-electron chi connectivity index (χ1n) is 6.17. The van der Waals surface area contributed by atoms with Crippen molar-refractivity contribution in [2.75, 3.05) is 0 Å². The molecule has 0 bridgehead atoms. The number of phenolic OH excluding ortho intramolecular Hbond substituents is 1. The average Bonchev–Trinajstić information content (AvgIpc) is 3.00. The minimum absolute atomic E-state index is 0.296. The monoisotopic (exact) mass is 228 g/mol. The smallest absolute Gasteiger partial charge is 0.115 e. The maximum Gasteiger partial charge on any atom is 0.115 e.